The third-order valence-corrected chi connectivity index (χ3v) is 4.89. The van der Waals surface area contributed by atoms with Crippen LogP contribution in [0.1, 0.15) is 21.1 Å². The van der Waals surface area contributed by atoms with Crippen molar-refractivity contribution in [3.63, 3.8) is 0 Å². The van der Waals surface area contributed by atoms with Crippen LogP contribution in [0.25, 0.3) is 6.08 Å². The standard InChI is InChI=1S/C15H13N3O4S2/c1-9-7-11(22-17-9)13(19)16-4-5-18-14(20)12(24-15(18)21)8-10-3-2-6-23-10/h2-3,6-8H,4-5H2,1H3,(H,16,19)/b12-8-. The Morgan fingerprint density at radius 3 is 2.96 bits per heavy atom. The van der Waals surface area contributed by atoms with Crippen molar-refractivity contribution in [3.8, 4) is 0 Å². The molecule has 1 aliphatic heterocycles. The van der Waals surface area contributed by atoms with Crippen molar-refractivity contribution in [2.45, 2.75) is 6.92 Å². The van der Waals surface area contributed by atoms with Crippen LogP contribution >= 0.6 is 23.1 Å². The highest BCUT2D eigenvalue weighted by molar-refractivity contribution is 8.18. The van der Waals surface area contributed by atoms with Crippen LogP contribution in [0.15, 0.2) is 33.0 Å². The first-order valence-corrected chi connectivity index (χ1v) is 8.74. The maximum atomic E-state index is 12.3. The van der Waals surface area contributed by atoms with E-state index in [1.807, 2.05) is 17.5 Å². The van der Waals surface area contributed by atoms with E-state index in [1.54, 1.807) is 13.0 Å². The zero-order valence-corrected chi connectivity index (χ0v) is 14.3. The summed E-state index contributed by atoms with van der Waals surface area (Å²) < 4.78 is 4.85. The number of amides is 3. The number of thiophene rings is 1. The number of imide groups is 1. The quantitative estimate of drug-likeness (QED) is 0.821. The number of thioether (sulfide) groups is 1. The molecular weight excluding hydrogens is 350 g/mol. The Balaban J connectivity index is 1.56. The van der Waals surface area contributed by atoms with Gasteiger partial charge < -0.3 is 9.84 Å². The molecule has 1 saturated heterocycles. The zero-order chi connectivity index (χ0) is 17.1. The molecule has 2 aromatic rings. The van der Waals surface area contributed by atoms with Gasteiger partial charge in [0.1, 0.15) is 0 Å². The number of carbonyl (C=O) groups excluding carboxylic acids is 3. The molecule has 1 fully saturated rings. The Morgan fingerprint density at radius 1 is 1.46 bits per heavy atom. The van der Waals surface area contributed by atoms with Crippen molar-refractivity contribution in [2.24, 2.45) is 0 Å². The van der Waals surface area contributed by atoms with Gasteiger partial charge in [-0.25, -0.2) is 0 Å². The second-order valence-electron chi connectivity index (χ2n) is 4.94. The molecule has 3 rings (SSSR count). The lowest BCUT2D eigenvalue weighted by atomic mass is 10.3. The topological polar surface area (TPSA) is 92.5 Å². The molecule has 0 saturated carbocycles. The second-order valence-corrected chi connectivity index (χ2v) is 6.91. The van der Waals surface area contributed by atoms with Crippen molar-refractivity contribution >= 4 is 46.2 Å². The number of aromatic nitrogens is 1. The first-order chi connectivity index (χ1) is 11.5. The lowest BCUT2D eigenvalue weighted by Gasteiger charge is -2.12. The number of aryl methyl sites for hydroxylation is 1. The maximum Gasteiger partial charge on any atom is 0.293 e. The van der Waals surface area contributed by atoms with Gasteiger partial charge in [-0.05, 0) is 36.2 Å². The SMILES string of the molecule is Cc1cc(C(=O)NCCN2C(=O)S/C(=C\c3cccs3)C2=O)on1. The summed E-state index contributed by atoms with van der Waals surface area (Å²) >= 11 is 2.39. The van der Waals surface area contributed by atoms with Gasteiger partial charge >= 0.3 is 0 Å². The third-order valence-electron chi connectivity index (χ3n) is 3.16. The monoisotopic (exact) mass is 363 g/mol. The number of rotatable bonds is 5. The molecule has 9 heteroatoms. The molecule has 1 N–H and O–H groups in total. The molecule has 24 heavy (non-hydrogen) atoms. The van der Waals surface area contributed by atoms with Crippen molar-refractivity contribution < 1.29 is 18.9 Å². The average molecular weight is 363 g/mol. The predicted octanol–water partition coefficient (Wildman–Crippen LogP) is 2.51. The van der Waals surface area contributed by atoms with E-state index < -0.39 is 5.91 Å². The van der Waals surface area contributed by atoms with Crippen LogP contribution in [0, 0.1) is 6.92 Å². The first-order valence-electron chi connectivity index (χ1n) is 7.05. The summed E-state index contributed by atoms with van der Waals surface area (Å²) in [7, 11) is 0. The minimum absolute atomic E-state index is 0.0965. The molecule has 0 bridgehead atoms. The molecule has 0 spiro atoms. The van der Waals surface area contributed by atoms with Crippen molar-refractivity contribution in [1.29, 1.82) is 0 Å². The molecule has 124 valence electrons. The van der Waals surface area contributed by atoms with Crippen molar-refractivity contribution in [3.05, 3.63) is 44.8 Å². The van der Waals surface area contributed by atoms with Gasteiger partial charge in [-0.3, -0.25) is 19.3 Å². The highest BCUT2D eigenvalue weighted by atomic mass is 32.2. The minimum Gasteiger partial charge on any atom is -0.351 e. The second kappa shape index (κ2) is 7.02. The van der Waals surface area contributed by atoms with Gasteiger partial charge in [-0.15, -0.1) is 11.3 Å². The summed E-state index contributed by atoms with van der Waals surface area (Å²) in [5.41, 5.74) is 0.602. The van der Waals surface area contributed by atoms with Crippen LogP contribution in [0.5, 0.6) is 0 Å². The molecule has 0 aromatic carbocycles. The van der Waals surface area contributed by atoms with Crippen LogP contribution in [0.3, 0.4) is 0 Å². The number of nitrogens with one attached hydrogen (secondary N) is 1. The summed E-state index contributed by atoms with van der Waals surface area (Å²) in [6.07, 6.45) is 1.70. The average Bonchev–Trinajstić information content (AvgIpc) is 3.26. The van der Waals surface area contributed by atoms with E-state index in [0.29, 0.717) is 10.6 Å². The van der Waals surface area contributed by atoms with Gasteiger partial charge in [0.15, 0.2) is 0 Å². The lowest BCUT2D eigenvalue weighted by molar-refractivity contribution is -0.122. The Hall–Kier alpha value is -2.39. The van der Waals surface area contributed by atoms with Gasteiger partial charge in [0.05, 0.1) is 10.6 Å². The molecule has 0 radical (unpaired) electrons. The largest absolute Gasteiger partial charge is 0.351 e. The molecule has 7 nitrogen and oxygen atoms in total. The smallest absolute Gasteiger partial charge is 0.293 e. The van der Waals surface area contributed by atoms with E-state index in [1.165, 1.54) is 17.4 Å². The van der Waals surface area contributed by atoms with E-state index in [4.69, 9.17) is 4.52 Å². The molecule has 3 amide bonds. The molecule has 0 unspecified atom stereocenters. The summed E-state index contributed by atoms with van der Waals surface area (Å²) in [6.45, 7) is 1.95. The van der Waals surface area contributed by atoms with Gasteiger partial charge in [-0.1, -0.05) is 11.2 Å². The Kier molecular flexibility index (Phi) is 4.81. The van der Waals surface area contributed by atoms with Gasteiger partial charge in [-0.2, -0.15) is 0 Å². The fourth-order valence-electron chi connectivity index (χ4n) is 2.03. The predicted molar refractivity (Wildman–Crippen MR) is 90.6 cm³/mol. The fourth-order valence-corrected chi connectivity index (χ4v) is 3.62. The Morgan fingerprint density at radius 2 is 2.29 bits per heavy atom. The van der Waals surface area contributed by atoms with Crippen molar-refractivity contribution in [1.82, 2.24) is 15.4 Å². The van der Waals surface area contributed by atoms with Crippen LogP contribution < -0.4 is 5.32 Å². The Bertz CT molecular complexity index is 811. The summed E-state index contributed by atoms with van der Waals surface area (Å²) in [4.78, 5) is 38.5. The molecular formula is C15H13N3O4S2. The highest BCUT2D eigenvalue weighted by Crippen LogP contribution is 2.32. The zero-order valence-electron chi connectivity index (χ0n) is 12.6. The third kappa shape index (κ3) is 3.57. The van der Waals surface area contributed by atoms with E-state index >= 15 is 0 Å². The van der Waals surface area contributed by atoms with Crippen LogP contribution in [-0.2, 0) is 4.79 Å². The van der Waals surface area contributed by atoms with Crippen LogP contribution in [-0.4, -0.2) is 40.2 Å². The fraction of sp³-hybridized carbons (Fsp3) is 0.200. The van der Waals surface area contributed by atoms with Crippen molar-refractivity contribution in [2.75, 3.05) is 13.1 Å². The minimum atomic E-state index is -0.434. The number of nitrogens with zero attached hydrogens (tertiary/aromatic N) is 2. The number of hydrogen-bond acceptors (Lipinski definition) is 7. The lowest BCUT2D eigenvalue weighted by Crippen LogP contribution is -2.37. The summed E-state index contributed by atoms with van der Waals surface area (Å²) in [5.74, 6) is -0.681. The normalized spacial score (nSPS) is 16.2. The maximum absolute atomic E-state index is 12.3. The molecule has 1 aliphatic rings. The van der Waals surface area contributed by atoms with E-state index in [2.05, 4.69) is 10.5 Å². The molecule has 3 heterocycles. The summed E-state index contributed by atoms with van der Waals surface area (Å²) in [5, 5.41) is 7.78. The first kappa shape index (κ1) is 16.5. The summed E-state index contributed by atoms with van der Waals surface area (Å²) in [6, 6.07) is 5.26. The van der Waals surface area contributed by atoms with Gasteiger partial charge in [0.2, 0.25) is 5.76 Å². The van der Waals surface area contributed by atoms with E-state index in [0.717, 1.165) is 21.5 Å². The highest BCUT2D eigenvalue weighted by Gasteiger charge is 2.34. The van der Waals surface area contributed by atoms with E-state index in [9.17, 15) is 14.4 Å². The Labute approximate surface area is 145 Å². The molecule has 0 aliphatic carbocycles. The van der Waals surface area contributed by atoms with Crippen LogP contribution in [0.2, 0.25) is 0 Å². The number of carbonyl (C=O) groups is 3. The van der Waals surface area contributed by atoms with Gasteiger partial charge in [0.25, 0.3) is 17.1 Å². The van der Waals surface area contributed by atoms with E-state index in [-0.39, 0.29) is 30.0 Å². The van der Waals surface area contributed by atoms with Gasteiger partial charge in [0, 0.05) is 24.0 Å². The molecule has 2 aromatic heterocycles. The number of hydrogen-bond donors (Lipinski definition) is 1. The van der Waals surface area contributed by atoms with Crippen LogP contribution in [0.4, 0.5) is 4.79 Å². The molecule has 0 atom stereocenters.